The lowest BCUT2D eigenvalue weighted by molar-refractivity contribution is 0.669. The molecule has 0 N–H and O–H groups in total. The first kappa shape index (κ1) is 19.1. The average Bonchev–Trinajstić information content (AvgIpc) is 3.79. The first-order chi connectivity index (χ1) is 35.2. The van der Waals surface area contributed by atoms with Crippen molar-refractivity contribution in [3.05, 3.63) is 206 Å². The highest BCUT2D eigenvalue weighted by Crippen LogP contribution is 2.43. The fraction of sp³-hybridized carbons (Fsp3) is 0. The Bertz CT molecular complexity index is 3880. The summed E-state index contributed by atoms with van der Waals surface area (Å²) in [5.74, 6) is 0.618. The zero-order chi connectivity index (χ0) is 52.9. The maximum absolute atomic E-state index is 9.68. The lowest BCUT2D eigenvalue weighted by atomic mass is 9.98. The summed E-state index contributed by atoms with van der Waals surface area (Å²) in [5.41, 5.74) is -2.22. The van der Waals surface area contributed by atoms with Crippen LogP contribution in [0.1, 0.15) is 24.7 Å². The molecule has 0 fully saturated rings. The quantitative estimate of drug-likeness (QED) is 0.155. The summed E-state index contributed by atoms with van der Waals surface area (Å²) in [6.07, 6.45) is 0. The molecule has 0 aliphatic rings. The first-order valence-electron chi connectivity index (χ1n) is 26.2. The van der Waals surface area contributed by atoms with Crippen LogP contribution in [-0.4, -0.2) is 15.0 Å². The Morgan fingerprint density at radius 1 is 0.411 bits per heavy atom. The molecule has 0 radical (unpaired) electrons. The minimum Gasteiger partial charge on any atom is -0.456 e. The van der Waals surface area contributed by atoms with E-state index in [4.69, 9.17) is 34.4 Å². The Morgan fingerprint density at radius 3 is 1.61 bits per heavy atom. The van der Waals surface area contributed by atoms with Crippen LogP contribution in [-0.2, 0) is 0 Å². The summed E-state index contributed by atoms with van der Waals surface area (Å²) in [7, 11) is 0. The Labute approximate surface area is 350 Å². The molecule has 0 saturated heterocycles. The van der Waals surface area contributed by atoms with E-state index >= 15 is 0 Å². The third-order valence-corrected chi connectivity index (χ3v) is 8.83. The monoisotopic (exact) mass is 736 g/mol. The zero-order valence-electron chi connectivity index (χ0n) is 46.9. The molecule has 5 heteroatoms. The van der Waals surface area contributed by atoms with Gasteiger partial charge in [-0.05, 0) is 64.6 Å². The third-order valence-electron chi connectivity index (χ3n) is 8.83. The number of para-hydroxylation sites is 2. The fourth-order valence-corrected chi connectivity index (χ4v) is 6.31. The minimum atomic E-state index is -0.952. The van der Waals surface area contributed by atoms with Crippen molar-refractivity contribution in [1.29, 1.82) is 0 Å². The van der Waals surface area contributed by atoms with E-state index in [2.05, 4.69) is 0 Å². The maximum Gasteiger partial charge on any atom is 0.164 e. The van der Waals surface area contributed by atoms with Gasteiger partial charge in [0.25, 0.3) is 0 Å². The van der Waals surface area contributed by atoms with Gasteiger partial charge in [0.05, 0.1) is 30.4 Å². The molecule has 5 nitrogen and oxygen atoms in total. The number of benzene rings is 8. The van der Waals surface area contributed by atoms with E-state index in [1.54, 1.807) is 24.3 Å². The van der Waals surface area contributed by atoms with E-state index in [0.717, 1.165) is 4.90 Å². The van der Waals surface area contributed by atoms with E-state index in [-0.39, 0.29) is 34.3 Å². The molecule has 0 bridgehead atoms. The summed E-state index contributed by atoms with van der Waals surface area (Å²) in [6, 6.07) is 12.7. The van der Waals surface area contributed by atoms with Gasteiger partial charge in [-0.25, -0.2) is 15.0 Å². The lowest BCUT2D eigenvalue weighted by Gasteiger charge is -2.26. The molecule has 264 valence electrons. The van der Waals surface area contributed by atoms with Gasteiger partial charge in [-0.3, -0.25) is 0 Å². The molecule has 0 saturated carbocycles. The van der Waals surface area contributed by atoms with Crippen LogP contribution < -0.4 is 4.90 Å². The van der Waals surface area contributed by atoms with Gasteiger partial charge >= 0.3 is 0 Å². The predicted octanol–water partition coefficient (Wildman–Crippen LogP) is 13.6. The maximum atomic E-state index is 9.68. The Kier molecular flexibility index (Phi) is 4.88. The van der Waals surface area contributed by atoms with Gasteiger partial charge in [-0.1, -0.05) is 157 Å². The Morgan fingerprint density at radius 2 is 0.946 bits per heavy atom. The molecule has 0 spiro atoms. The van der Waals surface area contributed by atoms with E-state index in [1.807, 2.05) is 60.7 Å². The van der Waals surface area contributed by atoms with E-state index in [0.29, 0.717) is 27.5 Å². The summed E-state index contributed by atoms with van der Waals surface area (Å²) < 4.78 is 167. The number of nitrogens with zero attached hydrogens (tertiary/aromatic N) is 4. The molecule has 2 aromatic heterocycles. The Hall–Kier alpha value is -7.63. The summed E-state index contributed by atoms with van der Waals surface area (Å²) in [6.45, 7) is 0. The van der Waals surface area contributed by atoms with Crippen molar-refractivity contribution in [2.24, 2.45) is 0 Å². The summed E-state index contributed by atoms with van der Waals surface area (Å²) in [5, 5.41) is 1.07. The molecule has 0 aliphatic carbocycles. The van der Waals surface area contributed by atoms with Crippen LogP contribution in [0.15, 0.2) is 210 Å². The molecule has 56 heavy (non-hydrogen) atoms. The average molecular weight is 737 g/mol. The SMILES string of the molecule is [2H]c1c([2H])c([2H])c(-c2c([2H])c([2H])c([2H])c(-c3c([2H])c([2H])c(N(c4cc(-c5nc(-c6ccccc6)nc(-c6ccccc6)n5)c5c(c4)oc4ccccc45)c4c([2H])c([2H])c([2H])c([2H])c4[2H])c([2H])c3[2H])c2[2H])c([2H])c1[2H]. The molecule has 0 aliphatic heterocycles. The molecule has 0 unspecified atom stereocenters. The molecule has 0 atom stereocenters. The van der Waals surface area contributed by atoms with Gasteiger partial charge < -0.3 is 9.32 Å². The van der Waals surface area contributed by atoms with Gasteiger partial charge in [0.2, 0.25) is 0 Å². The highest BCUT2D eigenvalue weighted by molar-refractivity contribution is 6.13. The van der Waals surface area contributed by atoms with Gasteiger partial charge in [-0.2, -0.15) is 0 Å². The van der Waals surface area contributed by atoms with Crippen molar-refractivity contribution in [3.63, 3.8) is 0 Å². The second-order valence-corrected chi connectivity index (χ2v) is 12.3. The second kappa shape index (κ2) is 14.3. The number of rotatable bonds is 8. The number of furan rings is 1. The van der Waals surface area contributed by atoms with Crippen molar-refractivity contribution in [1.82, 2.24) is 15.0 Å². The predicted molar refractivity (Wildman–Crippen MR) is 229 cm³/mol. The normalized spacial score (nSPS) is 15.7. The summed E-state index contributed by atoms with van der Waals surface area (Å²) >= 11 is 0. The molecule has 0 amide bonds. The first-order valence-corrected chi connectivity index (χ1v) is 17.2. The molecule has 2 heterocycles. The van der Waals surface area contributed by atoms with Crippen molar-refractivity contribution >= 4 is 39.0 Å². The van der Waals surface area contributed by atoms with Crippen LogP contribution in [0.2, 0.25) is 0 Å². The van der Waals surface area contributed by atoms with Crippen LogP contribution in [0.3, 0.4) is 0 Å². The minimum absolute atomic E-state index is 0.0805. The van der Waals surface area contributed by atoms with Crippen LogP contribution in [0.4, 0.5) is 17.1 Å². The summed E-state index contributed by atoms with van der Waals surface area (Å²) in [4.78, 5) is 15.7. The van der Waals surface area contributed by atoms with E-state index in [1.165, 1.54) is 12.1 Å². The number of aromatic nitrogens is 3. The Balaban J connectivity index is 1.31. The largest absolute Gasteiger partial charge is 0.456 e. The van der Waals surface area contributed by atoms with Crippen LogP contribution in [0.5, 0.6) is 0 Å². The lowest BCUT2D eigenvalue weighted by Crippen LogP contribution is -2.10. The van der Waals surface area contributed by atoms with E-state index < -0.39 is 142 Å². The number of anilines is 3. The number of fused-ring (bicyclic) bond motifs is 3. The highest BCUT2D eigenvalue weighted by atomic mass is 16.3. The number of hydrogen-bond acceptors (Lipinski definition) is 5. The van der Waals surface area contributed by atoms with Gasteiger partial charge in [0.15, 0.2) is 17.5 Å². The van der Waals surface area contributed by atoms with Crippen molar-refractivity contribution in [2.45, 2.75) is 0 Å². The van der Waals surface area contributed by atoms with Gasteiger partial charge in [0, 0.05) is 44.9 Å². The van der Waals surface area contributed by atoms with Crippen molar-refractivity contribution in [3.8, 4) is 56.4 Å². The van der Waals surface area contributed by atoms with Crippen LogP contribution >= 0.6 is 0 Å². The van der Waals surface area contributed by atoms with Crippen LogP contribution in [0, 0.1) is 0 Å². The zero-order valence-corrected chi connectivity index (χ0v) is 28.9. The van der Waals surface area contributed by atoms with Gasteiger partial charge in [0.1, 0.15) is 11.2 Å². The second-order valence-electron chi connectivity index (χ2n) is 12.3. The molecule has 8 aromatic carbocycles. The van der Waals surface area contributed by atoms with Crippen molar-refractivity contribution < 1.29 is 29.1 Å². The number of hydrogen-bond donors (Lipinski definition) is 0. The third kappa shape index (κ3) is 6.27. The van der Waals surface area contributed by atoms with Crippen LogP contribution in [0.25, 0.3) is 78.4 Å². The van der Waals surface area contributed by atoms with Gasteiger partial charge in [-0.15, -0.1) is 0 Å². The molecule has 10 rings (SSSR count). The van der Waals surface area contributed by atoms with E-state index in [9.17, 15) is 9.60 Å². The fourth-order valence-electron chi connectivity index (χ4n) is 6.31. The molecular formula is C51H34N4O. The highest BCUT2D eigenvalue weighted by Gasteiger charge is 2.22. The standard InChI is InChI=1S/C51H34N4O/c1-5-16-35(17-6-1)39-22-15-23-40(32-39)36-28-30-42(31-29-36)55(41-24-11-4-12-25-41)43-33-45(48-44-26-13-14-27-46(44)56-47(48)34-43)51-53-49(37-18-7-2-8-19-37)52-50(54-51)38-20-9-3-10-21-38/h1-34H/i1D,4D,5D,6D,11D,12D,15D,16D,17D,22D,23D,24D,25D,28D,29D,30D,31D,32D. The molecular weight excluding hydrogens is 685 g/mol. The van der Waals surface area contributed by atoms with Crippen molar-refractivity contribution in [2.75, 3.05) is 4.90 Å². The topological polar surface area (TPSA) is 55.1 Å². The molecule has 10 aromatic rings. The smallest absolute Gasteiger partial charge is 0.164 e.